The van der Waals surface area contributed by atoms with E-state index in [1.807, 2.05) is 7.05 Å². The van der Waals surface area contributed by atoms with Crippen LogP contribution < -0.4 is 0 Å². The quantitative estimate of drug-likeness (QED) is 0.691. The fourth-order valence-electron chi connectivity index (χ4n) is 1.57. The van der Waals surface area contributed by atoms with E-state index >= 15 is 0 Å². The van der Waals surface area contributed by atoms with Crippen LogP contribution in [-0.2, 0) is 0 Å². The molecule has 0 aromatic heterocycles. The summed E-state index contributed by atoms with van der Waals surface area (Å²) in [6.45, 7) is 3.86. The van der Waals surface area contributed by atoms with Crippen molar-refractivity contribution in [1.82, 2.24) is 4.90 Å². The Kier molecular flexibility index (Phi) is 5.12. The van der Waals surface area contributed by atoms with Crippen LogP contribution in [-0.4, -0.2) is 30.8 Å². The van der Waals surface area contributed by atoms with Crippen LogP contribution in [0.15, 0.2) is 24.3 Å². The molecular weight excluding hydrogens is 205 g/mol. The third-order valence-electron chi connectivity index (χ3n) is 2.49. The fourth-order valence-corrected chi connectivity index (χ4v) is 1.57. The molecule has 0 bridgehead atoms. The van der Waals surface area contributed by atoms with Gasteiger partial charge in [0.1, 0.15) is 5.82 Å². The lowest BCUT2D eigenvalue weighted by atomic mass is 10.1. The Morgan fingerprint density at radius 2 is 1.88 bits per heavy atom. The van der Waals surface area contributed by atoms with Crippen LogP contribution in [0.3, 0.4) is 0 Å². The number of Topliss-reactive ketones (excluding diaryl/α,β-unsaturated/α-hetero) is 1. The molecule has 0 unspecified atom stereocenters. The predicted octanol–water partition coefficient (Wildman–Crippen LogP) is 2.74. The van der Waals surface area contributed by atoms with Gasteiger partial charge >= 0.3 is 0 Å². The second-order valence-electron chi connectivity index (χ2n) is 3.98. The van der Waals surface area contributed by atoms with Gasteiger partial charge in [0, 0.05) is 18.5 Å². The third kappa shape index (κ3) is 4.11. The standard InChI is InChI=1S/C13H18FNO/c1-3-9-15(2)10-8-13(16)11-4-6-12(14)7-5-11/h4-7H,3,8-10H2,1-2H3. The highest BCUT2D eigenvalue weighted by Gasteiger charge is 2.07. The molecule has 0 atom stereocenters. The zero-order valence-corrected chi connectivity index (χ0v) is 9.87. The number of carbonyl (C=O) groups is 1. The van der Waals surface area contributed by atoms with Crippen LogP contribution in [0.2, 0.25) is 0 Å². The molecule has 0 amide bonds. The van der Waals surface area contributed by atoms with Gasteiger partial charge in [0.05, 0.1) is 0 Å². The molecule has 0 spiro atoms. The van der Waals surface area contributed by atoms with E-state index in [9.17, 15) is 9.18 Å². The molecule has 0 saturated heterocycles. The van der Waals surface area contributed by atoms with Gasteiger partial charge < -0.3 is 4.90 Å². The van der Waals surface area contributed by atoms with E-state index < -0.39 is 0 Å². The maximum Gasteiger partial charge on any atom is 0.164 e. The zero-order valence-electron chi connectivity index (χ0n) is 9.87. The molecular formula is C13H18FNO. The fraction of sp³-hybridized carbons (Fsp3) is 0.462. The van der Waals surface area contributed by atoms with Crippen LogP contribution in [0.5, 0.6) is 0 Å². The molecule has 0 aliphatic heterocycles. The predicted molar refractivity (Wildman–Crippen MR) is 63.1 cm³/mol. The molecule has 3 heteroatoms. The summed E-state index contributed by atoms with van der Waals surface area (Å²) in [6, 6.07) is 5.72. The summed E-state index contributed by atoms with van der Waals surface area (Å²) in [5, 5.41) is 0. The van der Waals surface area contributed by atoms with E-state index in [-0.39, 0.29) is 11.6 Å². The SMILES string of the molecule is CCCN(C)CCC(=O)c1ccc(F)cc1. The lowest BCUT2D eigenvalue weighted by Gasteiger charge is -2.14. The summed E-state index contributed by atoms with van der Waals surface area (Å²) in [5.41, 5.74) is 0.589. The van der Waals surface area contributed by atoms with E-state index in [4.69, 9.17) is 0 Å². The van der Waals surface area contributed by atoms with Crippen LogP contribution >= 0.6 is 0 Å². The second-order valence-corrected chi connectivity index (χ2v) is 3.98. The van der Waals surface area contributed by atoms with Crippen molar-refractivity contribution in [1.29, 1.82) is 0 Å². The minimum Gasteiger partial charge on any atom is -0.306 e. The minimum absolute atomic E-state index is 0.0722. The van der Waals surface area contributed by atoms with Crippen molar-refractivity contribution >= 4 is 5.78 Å². The Morgan fingerprint density at radius 1 is 1.25 bits per heavy atom. The maximum absolute atomic E-state index is 12.6. The largest absolute Gasteiger partial charge is 0.306 e. The van der Waals surface area contributed by atoms with Crippen molar-refractivity contribution in [3.8, 4) is 0 Å². The summed E-state index contributed by atoms with van der Waals surface area (Å²) in [4.78, 5) is 13.8. The summed E-state index contributed by atoms with van der Waals surface area (Å²) in [7, 11) is 2.00. The molecule has 1 rings (SSSR count). The number of benzene rings is 1. The van der Waals surface area contributed by atoms with Crippen molar-refractivity contribution in [2.24, 2.45) is 0 Å². The van der Waals surface area contributed by atoms with Crippen LogP contribution in [0.25, 0.3) is 0 Å². The number of hydrogen-bond acceptors (Lipinski definition) is 2. The van der Waals surface area contributed by atoms with Crippen LogP contribution in [0.1, 0.15) is 30.1 Å². The van der Waals surface area contributed by atoms with Crippen molar-refractivity contribution in [3.05, 3.63) is 35.6 Å². The molecule has 0 heterocycles. The van der Waals surface area contributed by atoms with Gasteiger partial charge in [-0.25, -0.2) is 4.39 Å². The summed E-state index contributed by atoms with van der Waals surface area (Å²) < 4.78 is 12.6. The molecule has 0 saturated carbocycles. The van der Waals surface area contributed by atoms with E-state index in [1.54, 1.807) is 0 Å². The van der Waals surface area contributed by atoms with Gasteiger partial charge in [-0.2, -0.15) is 0 Å². The molecule has 88 valence electrons. The van der Waals surface area contributed by atoms with E-state index in [0.29, 0.717) is 12.0 Å². The summed E-state index contributed by atoms with van der Waals surface area (Å²) in [6.07, 6.45) is 1.57. The summed E-state index contributed by atoms with van der Waals surface area (Å²) in [5.74, 6) is -0.234. The van der Waals surface area contributed by atoms with Crippen molar-refractivity contribution in [2.75, 3.05) is 20.1 Å². The van der Waals surface area contributed by atoms with E-state index in [1.165, 1.54) is 24.3 Å². The molecule has 0 aliphatic rings. The van der Waals surface area contributed by atoms with Crippen LogP contribution in [0, 0.1) is 5.82 Å². The Labute approximate surface area is 96.1 Å². The van der Waals surface area contributed by atoms with Gasteiger partial charge in [-0.15, -0.1) is 0 Å². The Balaban J connectivity index is 2.43. The van der Waals surface area contributed by atoms with Crippen molar-refractivity contribution in [3.63, 3.8) is 0 Å². The number of carbonyl (C=O) groups excluding carboxylic acids is 1. The van der Waals surface area contributed by atoms with Gasteiger partial charge in [0.15, 0.2) is 5.78 Å². The molecule has 0 N–H and O–H groups in total. The van der Waals surface area contributed by atoms with Gasteiger partial charge in [0.25, 0.3) is 0 Å². The Bertz CT molecular complexity index is 334. The highest BCUT2D eigenvalue weighted by molar-refractivity contribution is 5.96. The molecule has 1 aromatic carbocycles. The molecule has 0 fully saturated rings. The molecule has 1 aromatic rings. The van der Waals surface area contributed by atoms with Crippen molar-refractivity contribution < 1.29 is 9.18 Å². The minimum atomic E-state index is -0.306. The van der Waals surface area contributed by atoms with Crippen molar-refractivity contribution in [2.45, 2.75) is 19.8 Å². The second kappa shape index (κ2) is 6.38. The lowest BCUT2D eigenvalue weighted by Crippen LogP contribution is -2.22. The Morgan fingerprint density at radius 3 is 2.44 bits per heavy atom. The third-order valence-corrected chi connectivity index (χ3v) is 2.49. The van der Waals surface area contributed by atoms with Gasteiger partial charge in [-0.1, -0.05) is 6.92 Å². The first kappa shape index (κ1) is 12.8. The van der Waals surface area contributed by atoms with Gasteiger partial charge in [0.2, 0.25) is 0 Å². The maximum atomic E-state index is 12.6. The average molecular weight is 223 g/mol. The number of nitrogens with zero attached hydrogens (tertiary/aromatic N) is 1. The van der Waals surface area contributed by atoms with E-state index in [2.05, 4.69) is 11.8 Å². The van der Waals surface area contributed by atoms with Gasteiger partial charge in [-0.05, 0) is 44.3 Å². The Hall–Kier alpha value is -1.22. The molecule has 0 aliphatic carbocycles. The first-order valence-corrected chi connectivity index (χ1v) is 5.60. The smallest absolute Gasteiger partial charge is 0.164 e. The summed E-state index contributed by atoms with van der Waals surface area (Å²) >= 11 is 0. The van der Waals surface area contributed by atoms with E-state index in [0.717, 1.165) is 19.5 Å². The first-order chi connectivity index (χ1) is 7.63. The monoisotopic (exact) mass is 223 g/mol. The molecule has 0 radical (unpaired) electrons. The molecule has 2 nitrogen and oxygen atoms in total. The van der Waals surface area contributed by atoms with Crippen LogP contribution in [0.4, 0.5) is 4.39 Å². The lowest BCUT2D eigenvalue weighted by molar-refractivity contribution is 0.0969. The number of ketones is 1. The average Bonchev–Trinajstić information content (AvgIpc) is 2.27. The zero-order chi connectivity index (χ0) is 12.0. The topological polar surface area (TPSA) is 20.3 Å². The molecule has 16 heavy (non-hydrogen) atoms. The number of hydrogen-bond donors (Lipinski definition) is 0. The highest BCUT2D eigenvalue weighted by atomic mass is 19.1. The first-order valence-electron chi connectivity index (χ1n) is 5.60. The van der Waals surface area contributed by atoms with Gasteiger partial charge in [-0.3, -0.25) is 4.79 Å². The highest BCUT2D eigenvalue weighted by Crippen LogP contribution is 2.06. The number of halogens is 1. The number of rotatable bonds is 6. The normalized spacial score (nSPS) is 10.8.